The maximum absolute atomic E-state index is 12.9. The van der Waals surface area contributed by atoms with Gasteiger partial charge in [0.15, 0.2) is 0 Å². The Morgan fingerprint density at radius 1 is 0.848 bits per heavy atom. The Morgan fingerprint density at radius 2 is 1.64 bits per heavy atom. The number of benzene rings is 3. The van der Waals surface area contributed by atoms with Crippen LogP contribution in [0.2, 0.25) is 0 Å². The molecule has 0 unspecified atom stereocenters. The number of aryl methyl sites for hydroxylation is 2. The van der Waals surface area contributed by atoms with E-state index >= 15 is 0 Å². The average molecular weight is 437 g/mol. The molecule has 4 aromatic rings. The van der Waals surface area contributed by atoms with Gasteiger partial charge < -0.3 is 15.8 Å². The summed E-state index contributed by atoms with van der Waals surface area (Å²) in [5.74, 6) is 0.0552. The van der Waals surface area contributed by atoms with Crippen LogP contribution in [0, 0.1) is 0 Å². The number of pyridine rings is 1. The van der Waals surface area contributed by atoms with Crippen molar-refractivity contribution < 1.29 is 14.3 Å². The Bertz CT molecular complexity index is 1260. The Hall–Kier alpha value is -4.45. The van der Waals surface area contributed by atoms with E-state index in [1.807, 2.05) is 42.5 Å². The molecule has 0 spiro atoms. The summed E-state index contributed by atoms with van der Waals surface area (Å²) in [7, 11) is 0. The lowest BCUT2D eigenvalue weighted by atomic mass is 9.99. The number of nitrogens with one attached hydrogen (secondary N) is 1. The molecule has 0 atom stereocenters. The van der Waals surface area contributed by atoms with Gasteiger partial charge >= 0.3 is 0 Å². The van der Waals surface area contributed by atoms with Crippen LogP contribution in [0.5, 0.6) is 11.6 Å². The highest BCUT2D eigenvalue weighted by Crippen LogP contribution is 2.22. The number of ether oxygens (including phenoxy) is 1. The van der Waals surface area contributed by atoms with Crippen molar-refractivity contribution in [3.05, 3.63) is 119 Å². The van der Waals surface area contributed by atoms with Crippen molar-refractivity contribution >= 4 is 17.5 Å². The number of hydrogen-bond donors (Lipinski definition) is 2. The molecule has 164 valence electrons. The van der Waals surface area contributed by atoms with Crippen molar-refractivity contribution in [2.45, 2.75) is 12.8 Å². The molecule has 0 aliphatic rings. The topological polar surface area (TPSA) is 94.3 Å². The fourth-order valence-corrected chi connectivity index (χ4v) is 3.43. The summed E-state index contributed by atoms with van der Waals surface area (Å²) < 4.78 is 5.68. The van der Waals surface area contributed by atoms with Crippen molar-refractivity contribution in [1.29, 1.82) is 0 Å². The molecule has 2 amide bonds. The Labute approximate surface area is 192 Å². The molecule has 3 aromatic carbocycles. The summed E-state index contributed by atoms with van der Waals surface area (Å²) in [5, 5.41) is 2.89. The molecular formula is C27H23N3O3. The van der Waals surface area contributed by atoms with Gasteiger partial charge in [0.1, 0.15) is 5.75 Å². The van der Waals surface area contributed by atoms with E-state index in [1.54, 1.807) is 36.4 Å². The molecule has 6 nitrogen and oxygen atoms in total. The molecule has 0 radical (unpaired) electrons. The SMILES string of the molecule is NC(=O)c1cccc(Oc2ccc(NC(=O)c3ccccc3CCc3ccccc3)cn2)c1. The van der Waals surface area contributed by atoms with Gasteiger partial charge in [-0.05, 0) is 54.3 Å². The molecule has 0 saturated heterocycles. The number of carbonyl (C=O) groups excluding carboxylic acids is 2. The minimum absolute atomic E-state index is 0.191. The van der Waals surface area contributed by atoms with E-state index in [1.165, 1.54) is 11.8 Å². The molecular weight excluding hydrogens is 414 g/mol. The zero-order valence-electron chi connectivity index (χ0n) is 17.9. The first kappa shape index (κ1) is 21.8. The second-order valence-corrected chi connectivity index (χ2v) is 7.48. The quantitative estimate of drug-likeness (QED) is 0.405. The number of amides is 2. The van der Waals surface area contributed by atoms with Gasteiger partial charge in [-0.25, -0.2) is 4.98 Å². The van der Waals surface area contributed by atoms with E-state index in [0.29, 0.717) is 28.4 Å². The molecule has 0 saturated carbocycles. The predicted octanol–water partition coefficient (Wildman–Crippen LogP) is 5.01. The summed E-state index contributed by atoms with van der Waals surface area (Å²) >= 11 is 0. The van der Waals surface area contributed by atoms with Gasteiger partial charge in [0.2, 0.25) is 11.8 Å². The smallest absolute Gasteiger partial charge is 0.255 e. The third-order valence-corrected chi connectivity index (χ3v) is 5.12. The number of primary amides is 1. The van der Waals surface area contributed by atoms with Crippen LogP contribution in [-0.2, 0) is 12.8 Å². The van der Waals surface area contributed by atoms with Crippen LogP contribution >= 0.6 is 0 Å². The summed E-state index contributed by atoms with van der Waals surface area (Å²) in [6, 6.07) is 27.7. The monoisotopic (exact) mass is 437 g/mol. The molecule has 1 heterocycles. The zero-order chi connectivity index (χ0) is 23.0. The van der Waals surface area contributed by atoms with E-state index in [2.05, 4.69) is 22.4 Å². The molecule has 0 aliphatic carbocycles. The number of anilines is 1. The predicted molar refractivity (Wildman–Crippen MR) is 128 cm³/mol. The number of hydrogen-bond acceptors (Lipinski definition) is 4. The molecule has 1 aromatic heterocycles. The van der Waals surface area contributed by atoms with E-state index in [4.69, 9.17) is 10.5 Å². The Morgan fingerprint density at radius 3 is 2.39 bits per heavy atom. The van der Waals surface area contributed by atoms with Crippen molar-refractivity contribution in [3.63, 3.8) is 0 Å². The highest BCUT2D eigenvalue weighted by atomic mass is 16.5. The van der Waals surface area contributed by atoms with E-state index < -0.39 is 5.91 Å². The van der Waals surface area contributed by atoms with E-state index in [9.17, 15) is 9.59 Å². The van der Waals surface area contributed by atoms with Crippen LogP contribution in [0.4, 0.5) is 5.69 Å². The summed E-state index contributed by atoms with van der Waals surface area (Å²) in [6.45, 7) is 0. The van der Waals surface area contributed by atoms with Crippen LogP contribution in [-0.4, -0.2) is 16.8 Å². The average Bonchev–Trinajstić information content (AvgIpc) is 2.85. The van der Waals surface area contributed by atoms with Gasteiger partial charge in [0, 0.05) is 17.2 Å². The number of carbonyl (C=O) groups is 2. The Kier molecular flexibility index (Phi) is 6.75. The lowest BCUT2D eigenvalue weighted by Gasteiger charge is -2.11. The molecule has 0 aliphatic heterocycles. The largest absolute Gasteiger partial charge is 0.439 e. The minimum atomic E-state index is -0.532. The van der Waals surface area contributed by atoms with Crippen molar-refractivity contribution in [1.82, 2.24) is 4.98 Å². The third kappa shape index (κ3) is 5.83. The maximum atomic E-state index is 12.9. The minimum Gasteiger partial charge on any atom is -0.439 e. The summed E-state index contributed by atoms with van der Waals surface area (Å²) in [6.07, 6.45) is 3.15. The standard InChI is InChI=1S/C27H23N3O3/c28-26(31)21-10-6-11-23(17-21)33-25-16-15-22(18-29-25)30-27(32)24-12-5-4-9-20(24)14-13-19-7-2-1-3-8-19/h1-12,15-18H,13-14H2,(H2,28,31)(H,30,32). The number of nitrogens with zero attached hydrogens (tertiary/aromatic N) is 1. The van der Waals surface area contributed by atoms with E-state index in [-0.39, 0.29) is 5.91 Å². The molecule has 3 N–H and O–H groups in total. The Balaban J connectivity index is 1.41. The second kappa shape index (κ2) is 10.2. The van der Waals surface area contributed by atoms with Gasteiger partial charge in [0.25, 0.3) is 5.91 Å². The van der Waals surface area contributed by atoms with Gasteiger partial charge in [0.05, 0.1) is 11.9 Å². The molecule has 0 fully saturated rings. The van der Waals surface area contributed by atoms with Gasteiger partial charge in [-0.3, -0.25) is 9.59 Å². The van der Waals surface area contributed by atoms with E-state index in [0.717, 1.165) is 18.4 Å². The highest BCUT2D eigenvalue weighted by molar-refractivity contribution is 6.05. The fraction of sp³-hybridized carbons (Fsp3) is 0.0741. The van der Waals surface area contributed by atoms with Crippen LogP contribution in [0.1, 0.15) is 31.8 Å². The zero-order valence-corrected chi connectivity index (χ0v) is 17.9. The van der Waals surface area contributed by atoms with Crippen molar-refractivity contribution in [2.75, 3.05) is 5.32 Å². The van der Waals surface area contributed by atoms with Crippen LogP contribution < -0.4 is 15.8 Å². The molecule has 4 rings (SSSR count). The molecule has 6 heteroatoms. The third-order valence-electron chi connectivity index (χ3n) is 5.12. The molecule has 0 bridgehead atoms. The van der Waals surface area contributed by atoms with Crippen LogP contribution in [0.3, 0.4) is 0 Å². The number of nitrogens with two attached hydrogens (primary N) is 1. The first-order valence-corrected chi connectivity index (χ1v) is 10.6. The maximum Gasteiger partial charge on any atom is 0.255 e. The normalized spacial score (nSPS) is 10.4. The first-order valence-electron chi connectivity index (χ1n) is 10.6. The highest BCUT2D eigenvalue weighted by Gasteiger charge is 2.12. The second-order valence-electron chi connectivity index (χ2n) is 7.48. The van der Waals surface area contributed by atoms with Gasteiger partial charge in [-0.15, -0.1) is 0 Å². The summed E-state index contributed by atoms with van der Waals surface area (Å²) in [4.78, 5) is 28.5. The first-order chi connectivity index (χ1) is 16.1. The van der Waals surface area contributed by atoms with Gasteiger partial charge in [-0.2, -0.15) is 0 Å². The van der Waals surface area contributed by atoms with Crippen LogP contribution in [0.15, 0.2) is 97.2 Å². The molecule has 33 heavy (non-hydrogen) atoms. The number of rotatable bonds is 8. The lowest BCUT2D eigenvalue weighted by molar-refractivity contribution is 0.0997. The van der Waals surface area contributed by atoms with Crippen molar-refractivity contribution in [3.8, 4) is 11.6 Å². The van der Waals surface area contributed by atoms with Crippen LogP contribution in [0.25, 0.3) is 0 Å². The summed E-state index contributed by atoms with van der Waals surface area (Å²) in [5.41, 5.74) is 9.05. The van der Waals surface area contributed by atoms with Gasteiger partial charge in [-0.1, -0.05) is 54.6 Å². The fourth-order valence-electron chi connectivity index (χ4n) is 3.43. The van der Waals surface area contributed by atoms with Crippen molar-refractivity contribution in [2.24, 2.45) is 5.73 Å². The number of aromatic nitrogens is 1. The lowest BCUT2D eigenvalue weighted by Crippen LogP contribution is -2.14.